The van der Waals surface area contributed by atoms with Crippen molar-refractivity contribution in [3.63, 3.8) is 0 Å². The Labute approximate surface area is 206 Å². The van der Waals surface area contributed by atoms with Crippen molar-refractivity contribution in [2.75, 3.05) is 12.9 Å². The topological polar surface area (TPSA) is 81.4 Å². The second-order valence-electron chi connectivity index (χ2n) is 8.45. The fourth-order valence-electron chi connectivity index (χ4n) is 3.94. The average Bonchev–Trinajstić information content (AvgIpc) is 2.88. The van der Waals surface area contributed by atoms with E-state index in [9.17, 15) is 9.59 Å². The van der Waals surface area contributed by atoms with E-state index in [1.54, 1.807) is 11.8 Å². The van der Waals surface area contributed by atoms with E-state index < -0.39 is 22.8 Å². The van der Waals surface area contributed by atoms with Crippen LogP contribution in [-0.2, 0) is 19.1 Å². The molecule has 0 spiro atoms. The number of benzene rings is 3. The Morgan fingerprint density at radius 3 is 1.62 bits per heavy atom. The molecule has 0 aliphatic rings. The molecule has 0 aromatic heterocycles. The third-order valence-corrected chi connectivity index (χ3v) is 7.44. The lowest BCUT2D eigenvalue weighted by Crippen LogP contribution is -2.52. The van der Waals surface area contributed by atoms with E-state index in [1.165, 1.54) is 7.11 Å². The summed E-state index contributed by atoms with van der Waals surface area (Å²) in [6.45, 7) is 3.71. The molecule has 0 saturated heterocycles. The molecule has 178 valence electrons. The van der Waals surface area contributed by atoms with Crippen LogP contribution in [0.5, 0.6) is 0 Å². The second kappa shape index (κ2) is 11.9. The van der Waals surface area contributed by atoms with Crippen molar-refractivity contribution in [2.45, 2.75) is 30.7 Å². The Bertz CT molecular complexity index is 962. The molecule has 3 N–H and O–H groups in total. The summed E-state index contributed by atoms with van der Waals surface area (Å²) < 4.78 is 4.27. The maximum absolute atomic E-state index is 12.9. The minimum absolute atomic E-state index is 0.117. The molecule has 6 heteroatoms. The molecule has 3 rings (SSSR count). The Kier molecular flexibility index (Phi) is 8.91. The number of hydrogen-bond donors (Lipinski definition) is 2. The Balaban J connectivity index is 1.95. The lowest BCUT2D eigenvalue weighted by atomic mass is 9.84. The molecule has 3 aromatic carbocycles. The first kappa shape index (κ1) is 25.5. The molecule has 0 heterocycles. The van der Waals surface area contributed by atoms with E-state index in [4.69, 9.17) is 10.5 Å². The SMILES string of the molecule is COC(=O)[C@H](NC(=O)[C@@H](N)CSC(c1ccccc1)(c1ccccc1)c1ccccc1)C(C)C. The fraction of sp³-hybridized carbons (Fsp3) is 0.286. The van der Waals surface area contributed by atoms with Gasteiger partial charge in [0.2, 0.25) is 5.91 Å². The molecule has 0 aliphatic heterocycles. The number of rotatable bonds is 10. The van der Waals surface area contributed by atoms with Crippen molar-refractivity contribution < 1.29 is 14.3 Å². The van der Waals surface area contributed by atoms with Crippen LogP contribution in [0.2, 0.25) is 0 Å². The van der Waals surface area contributed by atoms with Gasteiger partial charge < -0.3 is 15.8 Å². The zero-order valence-electron chi connectivity index (χ0n) is 19.8. The normalized spacial score (nSPS) is 13.2. The second-order valence-corrected chi connectivity index (χ2v) is 9.68. The lowest BCUT2D eigenvalue weighted by molar-refractivity contribution is -0.146. The van der Waals surface area contributed by atoms with Gasteiger partial charge in [-0.25, -0.2) is 4.79 Å². The monoisotopic (exact) mass is 476 g/mol. The number of carbonyl (C=O) groups excluding carboxylic acids is 2. The van der Waals surface area contributed by atoms with Gasteiger partial charge in [-0.1, -0.05) is 105 Å². The molecule has 0 aliphatic carbocycles. The molecule has 1 amide bonds. The summed E-state index contributed by atoms with van der Waals surface area (Å²) in [5.74, 6) is -0.625. The summed E-state index contributed by atoms with van der Waals surface area (Å²) in [5.41, 5.74) is 9.65. The summed E-state index contributed by atoms with van der Waals surface area (Å²) in [4.78, 5) is 25.0. The lowest BCUT2D eigenvalue weighted by Gasteiger charge is -2.36. The fourth-order valence-corrected chi connectivity index (χ4v) is 5.43. The van der Waals surface area contributed by atoms with Crippen molar-refractivity contribution in [3.8, 4) is 0 Å². The van der Waals surface area contributed by atoms with Crippen LogP contribution in [0.25, 0.3) is 0 Å². The number of methoxy groups -OCH3 is 1. The van der Waals surface area contributed by atoms with Gasteiger partial charge in [-0.15, -0.1) is 11.8 Å². The van der Waals surface area contributed by atoms with Gasteiger partial charge in [-0.2, -0.15) is 0 Å². The van der Waals surface area contributed by atoms with E-state index in [-0.39, 0.29) is 11.8 Å². The van der Waals surface area contributed by atoms with Crippen LogP contribution in [-0.4, -0.2) is 36.8 Å². The molecule has 0 unspecified atom stereocenters. The van der Waals surface area contributed by atoms with Crippen LogP contribution < -0.4 is 11.1 Å². The van der Waals surface area contributed by atoms with Gasteiger partial charge in [0, 0.05) is 5.75 Å². The van der Waals surface area contributed by atoms with Crippen LogP contribution in [0.1, 0.15) is 30.5 Å². The molecular weight excluding hydrogens is 444 g/mol. The molecule has 0 saturated carbocycles. The minimum Gasteiger partial charge on any atom is -0.467 e. The van der Waals surface area contributed by atoms with Crippen molar-refractivity contribution in [3.05, 3.63) is 108 Å². The Hall–Kier alpha value is -3.09. The maximum Gasteiger partial charge on any atom is 0.328 e. The molecular formula is C28H32N2O3S. The molecule has 5 nitrogen and oxygen atoms in total. The third kappa shape index (κ3) is 5.69. The predicted molar refractivity (Wildman–Crippen MR) is 138 cm³/mol. The van der Waals surface area contributed by atoms with Gasteiger partial charge in [0.15, 0.2) is 0 Å². The Morgan fingerprint density at radius 2 is 1.26 bits per heavy atom. The number of hydrogen-bond acceptors (Lipinski definition) is 5. The van der Waals surface area contributed by atoms with Crippen molar-refractivity contribution in [2.24, 2.45) is 11.7 Å². The first-order chi connectivity index (χ1) is 16.4. The average molecular weight is 477 g/mol. The quantitative estimate of drug-likeness (QED) is 0.336. The highest BCUT2D eigenvalue weighted by Crippen LogP contribution is 2.48. The zero-order valence-corrected chi connectivity index (χ0v) is 20.6. The molecule has 0 bridgehead atoms. The number of thioether (sulfide) groups is 1. The van der Waals surface area contributed by atoms with Gasteiger partial charge in [-0.05, 0) is 22.6 Å². The smallest absolute Gasteiger partial charge is 0.328 e. The van der Waals surface area contributed by atoms with Crippen molar-refractivity contribution in [1.29, 1.82) is 0 Å². The summed E-state index contributed by atoms with van der Waals surface area (Å²) in [7, 11) is 1.31. The largest absolute Gasteiger partial charge is 0.467 e. The minimum atomic E-state index is -0.814. The number of carbonyl (C=O) groups is 2. The standard InChI is InChI=1S/C28H32N2O3S/c1-20(2)25(27(32)33-3)30-26(31)24(29)19-34-28(21-13-7-4-8-14-21,22-15-9-5-10-16-22)23-17-11-6-12-18-23/h4-18,20,24-25H,19,29H2,1-3H3,(H,30,31)/t24-,25+/m0/s1. The van der Waals surface area contributed by atoms with Gasteiger partial charge in [-0.3, -0.25) is 4.79 Å². The first-order valence-corrected chi connectivity index (χ1v) is 12.3. The number of ether oxygens (including phenoxy) is 1. The highest BCUT2D eigenvalue weighted by Gasteiger charge is 2.38. The van der Waals surface area contributed by atoms with Crippen molar-refractivity contribution in [1.82, 2.24) is 5.32 Å². The van der Waals surface area contributed by atoms with E-state index in [0.29, 0.717) is 5.75 Å². The number of esters is 1. The summed E-state index contributed by atoms with van der Waals surface area (Å²) in [5, 5.41) is 2.77. The number of nitrogens with one attached hydrogen (secondary N) is 1. The van der Waals surface area contributed by atoms with Crippen LogP contribution in [0.15, 0.2) is 91.0 Å². The van der Waals surface area contributed by atoms with E-state index in [2.05, 4.69) is 41.7 Å². The third-order valence-electron chi connectivity index (χ3n) is 5.78. The molecule has 0 radical (unpaired) electrons. The number of amides is 1. The van der Waals surface area contributed by atoms with Crippen LogP contribution >= 0.6 is 11.8 Å². The molecule has 3 aromatic rings. The summed E-state index contributed by atoms with van der Waals surface area (Å²) in [6, 6.07) is 29.2. The van der Waals surface area contributed by atoms with Crippen LogP contribution in [0.3, 0.4) is 0 Å². The summed E-state index contributed by atoms with van der Waals surface area (Å²) >= 11 is 1.61. The van der Waals surface area contributed by atoms with Crippen molar-refractivity contribution >= 4 is 23.6 Å². The van der Waals surface area contributed by atoms with E-state index in [0.717, 1.165) is 16.7 Å². The highest BCUT2D eigenvalue weighted by atomic mass is 32.2. The Morgan fingerprint density at radius 1 is 0.853 bits per heavy atom. The summed E-state index contributed by atoms with van der Waals surface area (Å²) in [6.07, 6.45) is 0. The molecule has 0 fully saturated rings. The first-order valence-electron chi connectivity index (χ1n) is 11.3. The predicted octanol–water partition coefficient (Wildman–Crippen LogP) is 4.35. The highest BCUT2D eigenvalue weighted by molar-refractivity contribution is 8.00. The van der Waals surface area contributed by atoms with E-state index >= 15 is 0 Å². The zero-order chi connectivity index (χ0) is 24.6. The molecule has 2 atom stereocenters. The number of nitrogens with two attached hydrogens (primary N) is 1. The van der Waals surface area contributed by atoms with Gasteiger partial charge in [0.1, 0.15) is 6.04 Å². The van der Waals surface area contributed by atoms with Gasteiger partial charge in [0.05, 0.1) is 17.9 Å². The van der Waals surface area contributed by atoms with Gasteiger partial charge in [0.25, 0.3) is 0 Å². The van der Waals surface area contributed by atoms with E-state index in [1.807, 2.05) is 68.4 Å². The molecule has 34 heavy (non-hydrogen) atoms. The maximum atomic E-state index is 12.9. The van der Waals surface area contributed by atoms with Crippen LogP contribution in [0.4, 0.5) is 0 Å². The van der Waals surface area contributed by atoms with Gasteiger partial charge >= 0.3 is 5.97 Å². The van der Waals surface area contributed by atoms with Crippen LogP contribution in [0, 0.1) is 5.92 Å².